The minimum atomic E-state index is 0.886. The summed E-state index contributed by atoms with van der Waals surface area (Å²) < 4.78 is 0. The van der Waals surface area contributed by atoms with Gasteiger partial charge in [-0.25, -0.2) is 0 Å². The van der Waals surface area contributed by atoms with Crippen LogP contribution in [0.3, 0.4) is 0 Å². The SMILES string of the molecule is CC[C@H](C)CCC[C@@H](C)CCCC(C)C. The van der Waals surface area contributed by atoms with Gasteiger partial charge in [0, 0.05) is 0 Å². The summed E-state index contributed by atoms with van der Waals surface area (Å²) in [6, 6.07) is 0. The highest BCUT2D eigenvalue weighted by Gasteiger charge is 2.04. The van der Waals surface area contributed by atoms with E-state index < -0.39 is 0 Å². The Morgan fingerprint density at radius 2 is 1.13 bits per heavy atom. The van der Waals surface area contributed by atoms with E-state index >= 15 is 0 Å². The van der Waals surface area contributed by atoms with Gasteiger partial charge in [0.05, 0.1) is 0 Å². The number of hydrogen-bond acceptors (Lipinski definition) is 0. The van der Waals surface area contributed by atoms with Crippen LogP contribution in [0.25, 0.3) is 0 Å². The minimum absolute atomic E-state index is 0.886. The lowest BCUT2D eigenvalue weighted by Crippen LogP contribution is -1.99. The summed E-state index contributed by atoms with van der Waals surface area (Å²) in [5.41, 5.74) is 0. The highest BCUT2D eigenvalue weighted by molar-refractivity contribution is 4.58. The predicted molar refractivity (Wildman–Crippen MR) is 71.2 cm³/mol. The molecule has 0 fully saturated rings. The summed E-state index contributed by atoms with van der Waals surface area (Å²) in [5.74, 6) is 2.78. The van der Waals surface area contributed by atoms with Crippen molar-refractivity contribution < 1.29 is 0 Å². The quantitative estimate of drug-likeness (QED) is 0.462. The third kappa shape index (κ3) is 10.3. The van der Waals surface area contributed by atoms with Crippen LogP contribution >= 0.6 is 0 Å². The Hall–Kier alpha value is 0. The Balaban J connectivity index is 3.29. The molecule has 0 aliphatic heterocycles. The first-order valence-corrected chi connectivity index (χ1v) is 7.06. The summed E-state index contributed by atoms with van der Waals surface area (Å²) in [4.78, 5) is 0. The van der Waals surface area contributed by atoms with E-state index in [4.69, 9.17) is 0 Å². The van der Waals surface area contributed by atoms with Crippen LogP contribution in [0.15, 0.2) is 0 Å². The van der Waals surface area contributed by atoms with E-state index in [1.54, 1.807) is 0 Å². The Bertz CT molecular complexity index is 126. The zero-order chi connectivity index (χ0) is 11.7. The fourth-order valence-corrected chi connectivity index (χ4v) is 2.04. The molecule has 0 N–H and O–H groups in total. The maximum atomic E-state index is 2.43. The third-order valence-electron chi connectivity index (χ3n) is 3.57. The fraction of sp³-hybridized carbons (Fsp3) is 1.00. The van der Waals surface area contributed by atoms with E-state index in [0.717, 1.165) is 17.8 Å². The molecule has 0 spiro atoms. The normalized spacial score (nSPS) is 15.6. The third-order valence-corrected chi connectivity index (χ3v) is 3.57. The zero-order valence-corrected chi connectivity index (χ0v) is 11.7. The van der Waals surface area contributed by atoms with E-state index in [1.165, 1.54) is 44.9 Å². The van der Waals surface area contributed by atoms with Gasteiger partial charge in [-0.1, -0.05) is 79.6 Å². The van der Waals surface area contributed by atoms with Crippen LogP contribution in [0.2, 0.25) is 0 Å². The average molecular weight is 212 g/mol. The fourth-order valence-electron chi connectivity index (χ4n) is 2.04. The lowest BCUT2D eigenvalue weighted by Gasteiger charge is -2.13. The largest absolute Gasteiger partial charge is 0.0651 e. The Labute approximate surface area is 97.8 Å². The molecule has 0 aliphatic carbocycles. The second-order valence-corrected chi connectivity index (χ2v) is 5.87. The lowest BCUT2D eigenvalue weighted by molar-refractivity contribution is 0.397. The van der Waals surface area contributed by atoms with Crippen molar-refractivity contribution in [2.45, 2.75) is 79.6 Å². The predicted octanol–water partition coefficient (Wildman–Crippen LogP) is 5.67. The van der Waals surface area contributed by atoms with E-state index in [1.807, 2.05) is 0 Å². The van der Waals surface area contributed by atoms with E-state index in [0.29, 0.717) is 0 Å². The summed E-state index contributed by atoms with van der Waals surface area (Å²) >= 11 is 0. The zero-order valence-electron chi connectivity index (χ0n) is 11.7. The summed E-state index contributed by atoms with van der Waals surface area (Å²) in [6.45, 7) is 11.8. The molecule has 0 heterocycles. The smallest absolute Gasteiger partial charge is 0.0443 e. The maximum absolute atomic E-state index is 2.43. The molecule has 0 aromatic rings. The lowest BCUT2D eigenvalue weighted by atomic mass is 9.93. The Morgan fingerprint density at radius 1 is 0.667 bits per heavy atom. The molecule has 15 heavy (non-hydrogen) atoms. The van der Waals surface area contributed by atoms with Crippen molar-refractivity contribution in [1.29, 1.82) is 0 Å². The molecular formula is C15H32. The molecule has 0 rings (SSSR count). The van der Waals surface area contributed by atoms with Crippen LogP contribution in [0.5, 0.6) is 0 Å². The van der Waals surface area contributed by atoms with Crippen LogP contribution in [0.4, 0.5) is 0 Å². The summed E-state index contributed by atoms with van der Waals surface area (Å²) in [5, 5.41) is 0. The van der Waals surface area contributed by atoms with Crippen LogP contribution < -0.4 is 0 Å². The second-order valence-electron chi connectivity index (χ2n) is 5.87. The van der Waals surface area contributed by atoms with Crippen LogP contribution in [-0.4, -0.2) is 0 Å². The van der Waals surface area contributed by atoms with Gasteiger partial charge in [-0.3, -0.25) is 0 Å². The van der Waals surface area contributed by atoms with Crippen molar-refractivity contribution in [3.05, 3.63) is 0 Å². The van der Waals surface area contributed by atoms with Crippen LogP contribution in [-0.2, 0) is 0 Å². The van der Waals surface area contributed by atoms with Crippen molar-refractivity contribution in [2.24, 2.45) is 17.8 Å². The maximum Gasteiger partial charge on any atom is -0.0443 e. The molecule has 0 unspecified atom stereocenters. The first-order valence-electron chi connectivity index (χ1n) is 7.06. The Morgan fingerprint density at radius 3 is 1.60 bits per heavy atom. The van der Waals surface area contributed by atoms with E-state index in [-0.39, 0.29) is 0 Å². The van der Waals surface area contributed by atoms with Gasteiger partial charge < -0.3 is 0 Å². The van der Waals surface area contributed by atoms with Crippen molar-refractivity contribution in [1.82, 2.24) is 0 Å². The molecule has 0 nitrogen and oxygen atoms in total. The van der Waals surface area contributed by atoms with Gasteiger partial charge in [-0.2, -0.15) is 0 Å². The molecule has 0 aliphatic rings. The standard InChI is InChI=1S/C15H32/c1-6-14(4)10-8-12-15(5)11-7-9-13(2)3/h13-15H,6-12H2,1-5H3/t14-,15-/m0/s1. The monoisotopic (exact) mass is 212 g/mol. The van der Waals surface area contributed by atoms with Gasteiger partial charge in [0.2, 0.25) is 0 Å². The molecule has 92 valence electrons. The molecule has 2 atom stereocenters. The highest BCUT2D eigenvalue weighted by Crippen LogP contribution is 2.19. The average Bonchev–Trinajstić information content (AvgIpc) is 2.17. The molecule has 0 bridgehead atoms. The van der Waals surface area contributed by atoms with Crippen molar-refractivity contribution in [3.8, 4) is 0 Å². The van der Waals surface area contributed by atoms with Crippen LogP contribution in [0, 0.1) is 17.8 Å². The summed E-state index contributed by atoms with van der Waals surface area (Å²) in [7, 11) is 0. The van der Waals surface area contributed by atoms with E-state index in [9.17, 15) is 0 Å². The first-order chi connectivity index (χ1) is 7.06. The Kier molecular flexibility index (Phi) is 9.24. The molecule has 0 aromatic heterocycles. The minimum Gasteiger partial charge on any atom is -0.0651 e. The molecule has 0 saturated heterocycles. The topological polar surface area (TPSA) is 0 Å². The second kappa shape index (κ2) is 9.24. The number of rotatable bonds is 9. The molecule has 0 radical (unpaired) electrons. The summed E-state index contributed by atoms with van der Waals surface area (Å²) in [6.07, 6.45) is 9.96. The van der Waals surface area contributed by atoms with Gasteiger partial charge in [-0.15, -0.1) is 0 Å². The van der Waals surface area contributed by atoms with Gasteiger partial charge in [-0.05, 0) is 17.8 Å². The van der Waals surface area contributed by atoms with Crippen molar-refractivity contribution >= 4 is 0 Å². The molecular weight excluding hydrogens is 180 g/mol. The van der Waals surface area contributed by atoms with Gasteiger partial charge in [0.15, 0.2) is 0 Å². The van der Waals surface area contributed by atoms with Gasteiger partial charge >= 0.3 is 0 Å². The van der Waals surface area contributed by atoms with Crippen molar-refractivity contribution in [3.63, 3.8) is 0 Å². The molecule has 0 saturated carbocycles. The molecule has 0 amide bonds. The van der Waals surface area contributed by atoms with Crippen molar-refractivity contribution in [2.75, 3.05) is 0 Å². The first kappa shape index (κ1) is 15.0. The van der Waals surface area contributed by atoms with Gasteiger partial charge in [0.25, 0.3) is 0 Å². The molecule has 0 heteroatoms. The molecule has 0 aromatic carbocycles. The number of hydrogen-bond donors (Lipinski definition) is 0. The van der Waals surface area contributed by atoms with Crippen LogP contribution in [0.1, 0.15) is 79.6 Å². The van der Waals surface area contributed by atoms with E-state index in [2.05, 4.69) is 34.6 Å². The highest BCUT2D eigenvalue weighted by atomic mass is 14.1. The van der Waals surface area contributed by atoms with Gasteiger partial charge in [0.1, 0.15) is 0 Å².